The van der Waals surface area contributed by atoms with Crippen molar-refractivity contribution in [3.05, 3.63) is 16.4 Å². The number of carbonyl (C=O) groups excluding carboxylic acids is 1. The Morgan fingerprint density at radius 2 is 2.12 bits per heavy atom. The number of aromatic nitrogens is 2. The number of likely N-dealkylation sites (tertiary alicyclic amines) is 2. The fraction of sp³-hybridized carbons (Fsp3) is 0.688. The van der Waals surface area contributed by atoms with Gasteiger partial charge in [0.2, 0.25) is 5.91 Å². The summed E-state index contributed by atoms with van der Waals surface area (Å²) in [4.78, 5) is 28.2. The number of nitrogens with zero attached hydrogens (tertiary/aromatic N) is 4. The number of aliphatic carboxylic acids is 1. The van der Waals surface area contributed by atoms with E-state index in [1.165, 1.54) is 0 Å². The van der Waals surface area contributed by atoms with Crippen molar-refractivity contribution >= 4 is 23.5 Å². The van der Waals surface area contributed by atoms with Gasteiger partial charge in [0.1, 0.15) is 10.6 Å². The number of carboxylic acid groups (broad SMARTS) is 1. The molecule has 1 N–H and O–H groups in total. The molecule has 0 radical (unpaired) electrons. The number of fused-ring (bicyclic) bond motifs is 1. The summed E-state index contributed by atoms with van der Waals surface area (Å²) in [6, 6.07) is 0. The number of carbonyl (C=O) groups is 2. The van der Waals surface area contributed by atoms with E-state index in [0.29, 0.717) is 37.9 Å². The molecule has 3 heterocycles. The highest BCUT2D eigenvalue weighted by Gasteiger charge is 2.61. The van der Waals surface area contributed by atoms with E-state index in [1.807, 2.05) is 18.7 Å². The van der Waals surface area contributed by atoms with Crippen LogP contribution in [0.25, 0.3) is 0 Å². The molecule has 2 fully saturated rings. The lowest BCUT2D eigenvalue weighted by Gasteiger charge is -2.24. The van der Waals surface area contributed by atoms with Crippen molar-refractivity contribution in [1.82, 2.24) is 19.6 Å². The molecule has 0 aliphatic carbocycles. The highest BCUT2D eigenvalue weighted by atomic mass is 35.5. The predicted octanol–water partition coefficient (Wildman–Crippen LogP) is 1.00. The minimum Gasteiger partial charge on any atom is -0.481 e. The van der Waals surface area contributed by atoms with Crippen molar-refractivity contribution in [3.8, 4) is 0 Å². The van der Waals surface area contributed by atoms with Gasteiger partial charge in [0.05, 0.1) is 11.6 Å². The first-order valence-electron chi connectivity index (χ1n) is 8.28. The van der Waals surface area contributed by atoms with Crippen molar-refractivity contribution in [2.24, 2.45) is 18.4 Å². The Bertz CT molecular complexity index is 689. The molecule has 132 valence electrons. The number of hydrogen-bond donors (Lipinski definition) is 1. The SMILES string of the molecule is CCc1nn(C)c(Cl)c1CN1C[C@H]2C(=O)N(CC)C[C@@]2(C(=O)O)C1. The number of carboxylic acids is 1. The molecule has 0 bridgehead atoms. The minimum absolute atomic E-state index is 0.0459. The first-order chi connectivity index (χ1) is 11.3. The molecule has 1 aromatic rings. The molecule has 2 atom stereocenters. The molecule has 0 unspecified atom stereocenters. The maximum atomic E-state index is 12.5. The Kier molecular flexibility index (Phi) is 4.34. The van der Waals surface area contributed by atoms with Crippen molar-refractivity contribution in [2.45, 2.75) is 26.8 Å². The first-order valence-corrected chi connectivity index (χ1v) is 8.66. The van der Waals surface area contributed by atoms with E-state index in [2.05, 4.69) is 5.10 Å². The van der Waals surface area contributed by atoms with E-state index >= 15 is 0 Å². The van der Waals surface area contributed by atoms with E-state index in [-0.39, 0.29) is 5.91 Å². The molecule has 2 aliphatic heterocycles. The van der Waals surface area contributed by atoms with Gasteiger partial charge in [-0.3, -0.25) is 19.2 Å². The van der Waals surface area contributed by atoms with Gasteiger partial charge in [-0.25, -0.2) is 0 Å². The number of aryl methyl sites for hydroxylation is 2. The van der Waals surface area contributed by atoms with Crippen LogP contribution >= 0.6 is 11.6 Å². The van der Waals surface area contributed by atoms with E-state index in [4.69, 9.17) is 11.6 Å². The molecule has 0 aromatic carbocycles. The van der Waals surface area contributed by atoms with Gasteiger partial charge in [-0.1, -0.05) is 18.5 Å². The van der Waals surface area contributed by atoms with Gasteiger partial charge in [0, 0.05) is 45.3 Å². The standard InChI is InChI=1S/C16H23ClN4O3/c1-4-12-10(13(17)19(3)18-12)6-20-7-11-14(22)21(5-2)9-16(11,8-20)15(23)24/h11H,4-9H2,1-3H3,(H,23,24)/t11-,16-/m0/s1. The van der Waals surface area contributed by atoms with Gasteiger partial charge in [-0.05, 0) is 13.3 Å². The molecule has 1 amide bonds. The summed E-state index contributed by atoms with van der Waals surface area (Å²) >= 11 is 6.35. The van der Waals surface area contributed by atoms with Crippen molar-refractivity contribution < 1.29 is 14.7 Å². The van der Waals surface area contributed by atoms with Gasteiger partial charge in [0.15, 0.2) is 0 Å². The minimum atomic E-state index is -1.01. The van der Waals surface area contributed by atoms with Crippen LogP contribution in [0.2, 0.25) is 5.15 Å². The van der Waals surface area contributed by atoms with Crippen molar-refractivity contribution in [1.29, 1.82) is 0 Å². The normalized spacial score (nSPS) is 27.1. The average Bonchev–Trinajstić information content (AvgIpc) is 3.13. The first kappa shape index (κ1) is 17.2. The third-order valence-corrected chi connectivity index (χ3v) is 5.85. The van der Waals surface area contributed by atoms with Gasteiger partial charge >= 0.3 is 5.97 Å². The smallest absolute Gasteiger partial charge is 0.313 e. The van der Waals surface area contributed by atoms with Crippen LogP contribution in [0.3, 0.4) is 0 Å². The molecule has 0 saturated carbocycles. The number of amides is 1. The van der Waals surface area contributed by atoms with Crippen LogP contribution in [-0.2, 0) is 29.6 Å². The zero-order valence-electron chi connectivity index (χ0n) is 14.3. The molecule has 2 aliphatic rings. The van der Waals surface area contributed by atoms with Crippen LogP contribution in [0.15, 0.2) is 0 Å². The highest BCUT2D eigenvalue weighted by Crippen LogP contribution is 2.44. The van der Waals surface area contributed by atoms with Crippen molar-refractivity contribution in [2.75, 3.05) is 26.2 Å². The van der Waals surface area contributed by atoms with Gasteiger partial charge in [-0.2, -0.15) is 5.10 Å². The number of rotatable bonds is 5. The fourth-order valence-electron chi connectivity index (χ4n) is 4.06. The van der Waals surface area contributed by atoms with E-state index in [0.717, 1.165) is 17.7 Å². The largest absolute Gasteiger partial charge is 0.481 e. The molecular formula is C16H23ClN4O3. The summed E-state index contributed by atoms with van der Waals surface area (Å²) in [6.07, 6.45) is 0.764. The van der Waals surface area contributed by atoms with Gasteiger partial charge in [0.25, 0.3) is 0 Å². The third-order valence-electron chi connectivity index (χ3n) is 5.37. The Morgan fingerprint density at radius 1 is 1.42 bits per heavy atom. The maximum Gasteiger partial charge on any atom is 0.313 e. The predicted molar refractivity (Wildman–Crippen MR) is 88.7 cm³/mol. The maximum absolute atomic E-state index is 12.5. The van der Waals surface area contributed by atoms with Gasteiger partial charge < -0.3 is 10.0 Å². The Balaban J connectivity index is 1.85. The quantitative estimate of drug-likeness (QED) is 0.853. The second-order valence-corrected chi connectivity index (χ2v) is 7.09. The molecule has 24 heavy (non-hydrogen) atoms. The highest BCUT2D eigenvalue weighted by molar-refractivity contribution is 6.30. The zero-order chi connectivity index (χ0) is 17.6. The Morgan fingerprint density at radius 3 is 2.67 bits per heavy atom. The summed E-state index contributed by atoms with van der Waals surface area (Å²) in [7, 11) is 1.80. The van der Waals surface area contributed by atoms with E-state index in [1.54, 1.807) is 16.6 Å². The monoisotopic (exact) mass is 354 g/mol. The topological polar surface area (TPSA) is 78.7 Å². The number of hydrogen-bond acceptors (Lipinski definition) is 4. The zero-order valence-corrected chi connectivity index (χ0v) is 15.0. The Hall–Kier alpha value is -1.60. The summed E-state index contributed by atoms with van der Waals surface area (Å²) in [5.41, 5.74) is 0.848. The lowest BCUT2D eigenvalue weighted by molar-refractivity contribution is -0.149. The second-order valence-electron chi connectivity index (χ2n) is 6.73. The van der Waals surface area contributed by atoms with Gasteiger partial charge in [-0.15, -0.1) is 0 Å². The molecule has 2 saturated heterocycles. The van der Waals surface area contributed by atoms with Crippen LogP contribution < -0.4 is 0 Å². The second kappa shape index (κ2) is 6.04. The van der Waals surface area contributed by atoms with E-state index in [9.17, 15) is 14.7 Å². The summed E-state index contributed by atoms with van der Waals surface area (Å²) in [5.74, 6) is -1.40. The van der Waals surface area contributed by atoms with Crippen LogP contribution in [0.5, 0.6) is 0 Å². The summed E-state index contributed by atoms with van der Waals surface area (Å²) in [5, 5.41) is 14.8. The lowest BCUT2D eigenvalue weighted by Crippen LogP contribution is -2.40. The summed E-state index contributed by atoms with van der Waals surface area (Å²) < 4.78 is 1.64. The number of halogens is 1. The van der Waals surface area contributed by atoms with Crippen LogP contribution in [0.4, 0.5) is 0 Å². The van der Waals surface area contributed by atoms with E-state index < -0.39 is 17.3 Å². The van der Waals surface area contributed by atoms with Crippen LogP contribution in [0, 0.1) is 11.3 Å². The summed E-state index contributed by atoms with van der Waals surface area (Å²) in [6.45, 7) is 6.09. The van der Waals surface area contributed by atoms with Crippen molar-refractivity contribution in [3.63, 3.8) is 0 Å². The molecule has 0 spiro atoms. The molecule has 8 heteroatoms. The lowest BCUT2D eigenvalue weighted by atomic mass is 9.81. The Labute approximate surface area is 146 Å². The molecular weight excluding hydrogens is 332 g/mol. The average molecular weight is 355 g/mol. The third kappa shape index (κ3) is 2.41. The molecule has 7 nitrogen and oxygen atoms in total. The fourth-order valence-corrected chi connectivity index (χ4v) is 4.26. The van der Waals surface area contributed by atoms with Crippen LogP contribution in [-0.4, -0.2) is 62.7 Å². The van der Waals surface area contributed by atoms with Crippen LogP contribution in [0.1, 0.15) is 25.1 Å². The molecule has 3 rings (SSSR count). The molecule has 1 aromatic heterocycles.